The zero-order valence-electron chi connectivity index (χ0n) is 15.4. The Kier molecular flexibility index (Phi) is 4.70. The number of hydrogen-bond donors (Lipinski definition) is 0. The summed E-state index contributed by atoms with van der Waals surface area (Å²) in [6.45, 7) is 7.37. The number of hydrogen-bond acceptors (Lipinski definition) is 5. The van der Waals surface area contributed by atoms with E-state index in [0.29, 0.717) is 0 Å². The molecule has 1 saturated heterocycles. The van der Waals surface area contributed by atoms with Crippen molar-refractivity contribution < 1.29 is 0 Å². The highest BCUT2D eigenvalue weighted by atomic mass is 15.3. The molecule has 2 aromatic heterocycles. The van der Waals surface area contributed by atoms with Crippen LogP contribution in [0.25, 0.3) is 0 Å². The standard InChI is InChI=1S/C19H28N6/c1-15-21-18-7-4-3-6-17(18)19(22-15)25-9-5-8-24(10-11-25)14-16-12-20-23(2)13-16/h12-13H,3-11,14H2,1-2H3. The van der Waals surface area contributed by atoms with Gasteiger partial charge in [-0.3, -0.25) is 9.58 Å². The third kappa shape index (κ3) is 3.68. The summed E-state index contributed by atoms with van der Waals surface area (Å²) in [5.41, 5.74) is 4.01. The van der Waals surface area contributed by atoms with Crippen LogP contribution >= 0.6 is 0 Å². The fraction of sp³-hybridized carbons (Fsp3) is 0.632. The van der Waals surface area contributed by atoms with Crippen LogP contribution in [0.5, 0.6) is 0 Å². The van der Waals surface area contributed by atoms with Gasteiger partial charge >= 0.3 is 0 Å². The number of anilines is 1. The number of fused-ring (bicyclic) bond motifs is 1. The molecule has 0 radical (unpaired) electrons. The van der Waals surface area contributed by atoms with Crippen LogP contribution in [0.2, 0.25) is 0 Å². The molecular weight excluding hydrogens is 312 g/mol. The maximum Gasteiger partial charge on any atom is 0.135 e. The number of aromatic nitrogens is 4. The van der Waals surface area contributed by atoms with Crippen molar-refractivity contribution in [2.24, 2.45) is 7.05 Å². The summed E-state index contributed by atoms with van der Waals surface area (Å²) in [5.74, 6) is 2.14. The molecule has 1 aliphatic heterocycles. The van der Waals surface area contributed by atoms with E-state index < -0.39 is 0 Å². The zero-order chi connectivity index (χ0) is 17.2. The van der Waals surface area contributed by atoms with Crippen LogP contribution in [-0.4, -0.2) is 50.8 Å². The second-order valence-electron chi connectivity index (χ2n) is 7.37. The van der Waals surface area contributed by atoms with Gasteiger partial charge in [-0.05, 0) is 39.0 Å². The molecule has 1 aliphatic carbocycles. The van der Waals surface area contributed by atoms with E-state index in [1.54, 1.807) is 0 Å². The summed E-state index contributed by atoms with van der Waals surface area (Å²) in [6, 6.07) is 0. The number of aryl methyl sites for hydroxylation is 3. The van der Waals surface area contributed by atoms with Crippen LogP contribution in [0, 0.1) is 6.92 Å². The molecule has 0 N–H and O–H groups in total. The number of rotatable bonds is 3. The van der Waals surface area contributed by atoms with Crippen LogP contribution in [-0.2, 0) is 26.4 Å². The first-order valence-corrected chi connectivity index (χ1v) is 9.50. The van der Waals surface area contributed by atoms with Crippen molar-refractivity contribution in [3.05, 3.63) is 35.0 Å². The van der Waals surface area contributed by atoms with Crippen LogP contribution < -0.4 is 4.90 Å². The molecule has 134 valence electrons. The van der Waals surface area contributed by atoms with Gasteiger partial charge < -0.3 is 4.90 Å². The van der Waals surface area contributed by atoms with Crippen molar-refractivity contribution in [1.29, 1.82) is 0 Å². The predicted octanol–water partition coefficient (Wildman–Crippen LogP) is 2.11. The van der Waals surface area contributed by atoms with Gasteiger partial charge in [0.05, 0.1) is 6.20 Å². The Labute approximate surface area is 149 Å². The Hall–Kier alpha value is -1.95. The van der Waals surface area contributed by atoms with Crippen molar-refractivity contribution in [3.63, 3.8) is 0 Å². The minimum Gasteiger partial charge on any atom is -0.355 e. The molecule has 0 saturated carbocycles. The lowest BCUT2D eigenvalue weighted by Crippen LogP contribution is -2.32. The van der Waals surface area contributed by atoms with Crippen molar-refractivity contribution in [2.75, 3.05) is 31.1 Å². The van der Waals surface area contributed by atoms with Gasteiger partial charge in [-0.2, -0.15) is 5.10 Å². The molecule has 4 rings (SSSR count). The minimum atomic E-state index is 0.923. The summed E-state index contributed by atoms with van der Waals surface area (Å²) in [6.07, 6.45) is 10.1. The molecule has 0 atom stereocenters. The molecule has 25 heavy (non-hydrogen) atoms. The quantitative estimate of drug-likeness (QED) is 0.856. The lowest BCUT2D eigenvalue weighted by atomic mass is 9.96. The van der Waals surface area contributed by atoms with Gasteiger partial charge in [0.2, 0.25) is 0 Å². The molecule has 0 spiro atoms. The summed E-state index contributed by atoms with van der Waals surface area (Å²) in [5, 5.41) is 4.29. The predicted molar refractivity (Wildman–Crippen MR) is 98.7 cm³/mol. The highest BCUT2D eigenvalue weighted by molar-refractivity contribution is 5.50. The maximum atomic E-state index is 4.85. The monoisotopic (exact) mass is 340 g/mol. The van der Waals surface area contributed by atoms with Crippen molar-refractivity contribution in [1.82, 2.24) is 24.6 Å². The minimum absolute atomic E-state index is 0.923. The Morgan fingerprint density at radius 1 is 1.00 bits per heavy atom. The third-order valence-corrected chi connectivity index (χ3v) is 5.33. The van der Waals surface area contributed by atoms with E-state index >= 15 is 0 Å². The molecule has 3 heterocycles. The van der Waals surface area contributed by atoms with E-state index in [1.807, 2.05) is 24.9 Å². The van der Waals surface area contributed by atoms with Gasteiger partial charge in [-0.1, -0.05) is 0 Å². The average Bonchev–Trinajstić information content (AvgIpc) is 2.87. The van der Waals surface area contributed by atoms with Gasteiger partial charge in [-0.25, -0.2) is 9.97 Å². The largest absolute Gasteiger partial charge is 0.355 e. The van der Waals surface area contributed by atoms with E-state index in [1.165, 1.54) is 41.9 Å². The highest BCUT2D eigenvalue weighted by Gasteiger charge is 2.23. The second kappa shape index (κ2) is 7.12. The Bertz CT molecular complexity index is 738. The number of nitrogens with zero attached hydrogens (tertiary/aromatic N) is 6. The summed E-state index contributed by atoms with van der Waals surface area (Å²) >= 11 is 0. The van der Waals surface area contributed by atoms with Gasteiger partial charge in [0.25, 0.3) is 0 Å². The van der Waals surface area contributed by atoms with Crippen LogP contribution in [0.15, 0.2) is 12.4 Å². The van der Waals surface area contributed by atoms with E-state index in [0.717, 1.165) is 51.4 Å². The topological polar surface area (TPSA) is 50.1 Å². The normalized spacial score (nSPS) is 18.9. The SMILES string of the molecule is Cc1nc2c(c(N3CCCN(Cc4cnn(C)c4)CC3)n1)CCCC2. The fourth-order valence-electron chi connectivity index (χ4n) is 4.11. The first-order valence-electron chi connectivity index (χ1n) is 9.50. The zero-order valence-corrected chi connectivity index (χ0v) is 15.4. The molecule has 6 nitrogen and oxygen atoms in total. The molecule has 1 fully saturated rings. The molecule has 2 aromatic rings. The second-order valence-corrected chi connectivity index (χ2v) is 7.37. The van der Waals surface area contributed by atoms with E-state index in [4.69, 9.17) is 9.97 Å². The van der Waals surface area contributed by atoms with Crippen LogP contribution in [0.4, 0.5) is 5.82 Å². The van der Waals surface area contributed by atoms with Crippen molar-refractivity contribution in [3.8, 4) is 0 Å². The fourth-order valence-corrected chi connectivity index (χ4v) is 4.11. The Morgan fingerprint density at radius 3 is 2.72 bits per heavy atom. The highest BCUT2D eigenvalue weighted by Crippen LogP contribution is 2.28. The molecular formula is C19H28N6. The molecule has 2 aliphatic rings. The lowest BCUT2D eigenvalue weighted by molar-refractivity contribution is 0.285. The first kappa shape index (κ1) is 16.5. The van der Waals surface area contributed by atoms with E-state index in [9.17, 15) is 0 Å². The smallest absolute Gasteiger partial charge is 0.135 e. The van der Waals surface area contributed by atoms with Gasteiger partial charge in [-0.15, -0.1) is 0 Å². The maximum absolute atomic E-state index is 4.85. The van der Waals surface area contributed by atoms with Gasteiger partial charge in [0, 0.05) is 62.8 Å². The summed E-state index contributed by atoms with van der Waals surface area (Å²) in [7, 11) is 1.98. The molecule has 0 amide bonds. The molecule has 0 aromatic carbocycles. The molecule has 0 unspecified atom stereocenters. The molecule has 0 bridgehead atoms. The Balaban J connectivity index is 1.48. The summed E-state index contributed by atoms with van der Waals surface area (Å²) < 4.78 is 1.88. The van der Waals surface area contributed by atoms with Crippen LogP contribution in [0.3, 0.4) is 0 Å². The van der Waals surface area contributed by atoms with E-state index in [2.05, 4.69) is 21.1 Å². The average molecular weight is 340 g/mol. The summed E-state index contributed by atoms with van der Waals surface area (Å²) in [4.78, 5) is 14.6. The van der Waals surface area contributed by atoms with Gasteiger partial charge in [0.1, 0.15) is 11.6 Å². The first-order chi connectivity index (χ1) is 12.2. The Morgan fingerprint density at radius 2 is 1.88 bits per heavy atom. The van der Waals surface area contributed by atoms with Crippen molar-refractivity contribution >= 4 is 5.82 Å². The van der Waals surface area contributed by atoms with E-state index in [-0.39, 0.29) is 0 Å². The van der Waals surface area contributed by atoms with Crippen molar-refractivity contribution in [2.45, 2.75) is 45.6 Å². The lowest BCUT2D eigenvalue weighted by Gasteiger charge is -2.27. The van der Waals surface area contributed by atoms with Gasteiger partial charge in [0.15, 0.2) is 0 Å². The third-order valence-electron chi connectivity index (χ3n) is 5.33. The molecule has 6 heteroatoms. The van der Waals surface area contributed by atoms with Crippen LogP contribution in [0.1, 0.15) is 41.9 Å².